The molecule has 6 heteroatoms. The Morgan fingerprint density at radius 2 is 2.09 bits per heavy atom. The third-order valence-electron chi connectivity index (χ3n) is 3.43. The third kappa shape index (κ3) is 3.71. The Morgan fingerprint density at radius 1 is 1.36 bits per heavy atom. The van der Waals surface area contributed by atoms with Crippen LogP contribution in [0.15, 0.2) is 30.5 Å². The van der Waals surface area contributed by atoms with Gasteiger partial charge in [-0.05, 0) is 38.7 Å². The second-order valence-electron chi connectivity index (χ2n) is 5.63. The van der Waals surface area contributed by atoms with Crippen LogP contribution in [0.2, 0.25) is 0 Å². The predicted octanol–water partition coefficient (Wildman–Crippen LogP) is 2.12. The molecule has 1 atom stereocenters. The highest BCUT2D eigenvalue weighted by atomic mass is 19.1. The Kier molecular flexibility index (Phi) is 4.92. The van der Waals surface area contributed by atoms with Crippen LogP contribution in [0.3, 0.4) is 0 Å². The molecule has 1 N–H and O–H groups in total. The second-order valence-corrected chi connectivity index (χ2v) is 5.63. The van der Waals surface area contributed by atoms with E-state index in [9.17, 15) is 9.18 Å². The van der Waals surface area contributed by atoms with Crippen LogP contribution in [0.25, 0.3) is 0 Å². The zero-order valence-electron chi connectivity index (χ0n) is 13.3. The first-order valence-corrected chi connectivity index (χ1v) is 7.06. The van der Waals surface area contributed by atoms with Gasteiger partial charge in [0.25, 0.3) is 0 Å². The van der Waals surface area contributed by atoms with Crippen molar-refractivity contribution in [3.63, 3.8) is 0 Å². The average molecular weight is 304 g/mol. The molecule has 1 amide bonds. The largest absolute Gasteiger partial charge is 0.345 e. The molecule has 0 bridgehead atoms. The minimum absolute atomic E-state index is 0.107. The summed E-state index contributed by atoms with van der Waals surface area (Å²) in [6.07, 6.45) is 1.73. The molecule has 1 unspecified atom stereocenters. The van der Waals surface area contributed by atoms with Gasteiger partial charge >= 0.3 is 0 Å². The van der Waals surface area contributed by atoms with E-state index in [4.69, 9.17) is 0 Å². The summed E-state index contributed by atoms with van der Waals surface area (Å²) in [4.78, 5) is 23.4. The summed E-state index contributed by atoms with van der Waals surface area (Å²) in [5, 5.41) is 0. The van der Waals surface area contributed by atoms with Crippen LogP contribution in [0, 0.1) is 12.7 Å². The highest BCUT2D eigenvalue weighted by Gasteiger charge is 2.26. The predicted molar refractivity (Wildman–Crippen MR) is 82.6 cm³/mol. The van der Waals surface area contributed by atoms with Crippen LogP contribution in [0.5, 0.6) is 0 Å². The Morgan fingerprint density at radius 3 is 2.64 bits per heavy atom. The molecule has 1 aromatic carbocycles. The SMILES string of the molecule is Cc1cnc(CN(C)C(=O)C(c2cccc(F)c2)N(C)C)[nH]1. The Balaban J connectivity index is 2.19. The summed E-state index contributed by atoms with van der Waals surface area (Å²) in [7, 11) is 5.33. The number of aromatic amines is 1. The van der Waals surface area contributed by atoms with Crippen LogP contribution in [0.4, 0.5) is 4.39 Å². The molecule has 0 aliphatic carbocycles. The molecule has 0 radical (unpaired) electrons. The fourth-order valence-corrected chi connectivity index (χ4v) is 2.40. The Hall–Kier alpha value is -2.21. The molecule has 0 saturated heterocycles. The number of rotatable bonds is 5. The number of halogens is 1. The van der Waals surface area contributed by atoms with Gasteiger partial charge < -0.3 is 9.88 Å². The molecule has 0 saturated carbocycles. The van der Waals surface area contributed by atoms with Gasteiger partial charge in [-0.25, -0.2) is 9.37 Å². The number of nitrogens with zero attached hydrogens (tertiary/aromatic N) is 3. The Labute approximate surface area is 129 Å². The summed E-state index contributed by atoms with van der Waals surface area (Å²) >= 11 is 0. The number of aromatic nitrogens is 2. The number of carbonyl (C=O) groups is 1. The number of hydrogen-bond acceptors (Lipinski definition) is 3. The maximum atomic E-state index is 13.4. The van der Waals surface area contributed by atoms with Crippen LogP contribution in [-0.2, 0) is 11.3 Å². The van der Waals surface area contributed by atoms with Crippen molar-refractivity contribution in [2.45, 2.75) is 19.5 Å². The maximum Gasteiger partial charge on any atom is 0.244 e. The van der Waals surface area contributed by atoms with Crippen molar-refractivity contribution in [2.24, 2.45) is 0 Å². The van der Waals surface area contributed by atoms with E-state index in [0.29, 0.717) is 12.1 Å². The lowest BCUT2D eigenvalue weighted by molar-refractivity contribution is -0.135. The molecule has 2 aromatic rings. The molecular weight excluding hydrogens is 283 g/mol. The molecule has 1 heterocycles. The van der Waals surface area contributed by atoms with Crippen LogP contribution >= 0.6 is 0 Å². The normalized spacial score (nSPS) is 12.5. The molecule has 22 heavy (non-hydrogen) atoms. The molecule has 118 valence electrons. The van der Waals surface area contributed by atoms with Crippen LogP contribution in [0.1, 0.15) is 23.1 Å². The molecule has 0 aliphatic rings. The number of hydrogen-bond donors (Lipinski definition) is 1. The van der Waals surface area contributed by atoms with Gasteiger partial charge in [0.15, 0.2) is 0 Å². The Bertz CT molecular complexity index is 653. The fourth-order valence-electron chi connectivity index (χ4n) is 2.40. The van der Waals surface area contributed by atoms with E-state index in [2.05, 4.69) is 9.97 Å². The molecule has 0 spiro atoms. The summed E-state index contributed by atoms with van der Waals surface area (Å²) in [6.45, 7) is 2.29. The van der Waals surface area contributed by atoms with Crippen molar-refractivity contribution in [3.05, 3.63) is 53.4 Å². The van der Waals surface area contributed by atoms with Crippen molar-refractivity contribution >= 4 is 5.91 Å². The number of benzene rings is 1. The average Bonchev–Trinajstić information content (AvgIpc) is 2.83. The van der Waals surface area contributed by atoms with Crippen molar-refractivity contribution in [1.82, 2.24) is 19.8 Å². The molecule has 0 fully saturated rings. The van der Waals surface area contributed by atoms with E-state index < -0.39 is 6.04 Å². The monoisotopic (exact) mass is 304 g/mol. The lowest BCUT2D eigenvalue weighted by Crippen LogP contribution is -2.38. The van der Waals surface area contributed by atoms with Gasteiger partial charge in [0, 0.05) is 18.9 Å². The fraction of sp³-hybridized carbons (Fsp3) is 0.375. The number of carbonyl (C=O) groups excluding carboxylic acids is 1. The van der Waals surface area contributed by atoms with Crippen LogP contribution in [-0.4, -0.2) is 46.8 Å². The van der Waals surface area contributed by atoms with E-state index in [1.54, 1.807) is 49.3 Å². The minimum Gasteiger partial charge on any atom is -0.345 e. The molecule has 2 rings (SSSR count). The first-order valence-electron chi connectivity index (χ1n) is 7.06. The van der Waals surface area contributed by atoms with Gasteiger partial charge in [-0.2, -0.15) is 0 Å². The quantitative estimate of drug-likeness (QED) is 0.920. The number of H-pyrrole nitrogens is 1. The molecular formula is C16H21FN4O. The minimum atomic E-state index is -0.531. The third-order valence-corrected chi connectivity index (χ3v) is 3.43. The smallest absolute Gasteiger partial charge is 0.244 e. The van der Waals surface area contributed by atoms with E-state index in [0.717, 1.165) is 11.5 Å². The highest BCUT2D eigenvalue weighted by Crippen LogP contribution is 2.21. The van der Waals surface area contributed by atoms with Crippen LogP contribution < -0.4 is 0 Å². The maximum absolute atomic E-state index is 13.4. The second kappa shape index (κ2) is 6.70. The lowest BCUT2D eigenvalue weighted by Gasteiger charge is -2.28. The van der Waals surface area contributed by atoms with Crippen molar-refractivity contribution in [3.8, 4) is 0 Å². The van der Waals surface area contributed by atoms with Gasteiger partial charge in [-0.15, -0.1) is 0 Å². The zero-order chi connectivity index (χ0) is 16.3. The summed E-state index contributed by atoms with van der Waals surface area (Å²) < 4.78 is 13.4. The number of amides is 1. The summed E-state index contributed by atoms with van der Waals surface area (Å²) in [6, 6.07) is 5.61. The number of likely N-dealkylation sites (N-methyl/N-ethyl adjacent to an activating group) is 2. The molecule has 5 nitrogen and oxygen atoms in total. The summed E-state index contributed by atoms with van der Waals surface area (Å²) in [5.74, 6) is 0.274. The highest BCUT2D eigenvalue weighted by molar-refractivity contribution is 5.83. The van der Waals surface area contributed by atoms with Gasteiger partial charge in [0.1, 0.15) is 17.7 Å². The number of aryl methyl sites for hydroxylation is 1. The lowest BCUT2D eigenvalue weighted by atomic mass is 10.0. The summed E-state index contributed by atoms with van der Waals surface area (Å²) in [5.41, 5.74) is 1.59. The van der Waals surface area contributed by atoms with E-state index in [1.165, 1.54) is 12.1 Å². The van der Waals surface area contributed by atoms with Gasteiger partial charge in [0.2, 0.25) is 5.91 Å². The van der Waals surface area contributed by atoms with Gasteiger partial charge in [-0.1, -0.05) is 12.1 Å². The van der Waals surface area contributed by atoms with Gasteiger partial charge in [0.05, 0.1) is 6.54 Å². The van der Waals surface area contributed by atoms with Crippen molar-refractivity contribution in [2.75, 3.05) is 21.1 Å². The van der Waals surface area contributed by atoms with Gasteiger partial charge in [-0.3, -0.25) is 9.69 Å². The van der Waals surface area contributed by atoms with E-state index in [1.807, 2.05) is 6.92 Å². The first-order chi connectivity index (χ1) is 10.4. The first kappa shape index (κ1) is 16.2. The van der Waals surface area contributed by atoms with E-state index >= 15 is 0 Å². The molecule has 0 aliphatic heterocycles. The standard InChI is InChI=1S/C16H21FN4O/c1-11-9-18-14(19-11)10-21(4)16(22)15(20(2)3)12-6-5-7-13(17)8-12/h5-9,15H,10H2,1-4H3,(H,18,19). The van der Waals surface area contributed by atoms with Crippen molar-refractivity contribution < 1.29 is 9.18 Å². The van der Waals surface area contributed by atoms with Crippen molar-refractivity contribution in [1.29, 1.82) is 0 Å². The molecule has 1 aromatic heterocycles. The zero-order valence-corrected chi connectivity index (χ0v) is 13.3. The number of nitrogens with one attached hydrogen (secondary N) is 1. The topological polar surface area (TPSA) is 52.2 Å². The van der Waals surface area contributed by atoms with E-state index in [-0.39, 0.29) is 11.7 Å². The number of imidazole rings is 1.